The predicted molar refractivity (Wildman–Crippen MR) is 109 cm³/mol. The highest BCUT2D eigenvalue weighted by Crippen LogP contribution is 2.31. The van der Waals surface area contributed by atoms with E-state index in [4.69, 9.17) is 11.1 Å². The van der Waals surface area contributed by atoms with Crippen LogP contribution < -0.4 is 11.1 Å². The first kappa shape index (κ1) is 19.2. The molecular formula is C20H30N6O. The Hall–Kier alpha value is -2.57. The van der Waals surface area contributed by atoms with E-state index in [1.807, 2.05) is 23.2 Å². The molecule has 7 heteroatoms. The van der Waals surface area contributed by atoms with E-state index in [1.54, 1.807) is 6.20 Å². The largest absolute Gasteiger partial charge is 0.370 e. The first-order valence-corrected chi connectivity index (χ1v) is 9.90. The molecule has 0 saturated heterocycles. The zero-order valence-corrected chi connectivity index (χ0v) is 16.0. The Bertz CT molecular complexity index is 778. The number of amides is 1. The van der Waals surface area contributed by atoms with Gasteiger partial charge in [0.2, 0.25) is 5.91 Å². The van der Waals surface area contributed by atoms with Gasteiger partial charge in [-0.05, 0) is 50.2 Å². The average molecular weight is 371 g/mol. The van der Waals surface area contributed by atoms with Gasteiger partial charge < -0.3 is 20.9 Å². The van der Waals surface area contributed by atoms with Crippen molar-refractivity contribution in [3.8, 4) is 0 Å². The molecule has 2 heterocycles. The molecule has 0 bridgehead atoms. The minimum atomic E-state index is 0.0461. The molecule has 146 valence electrons. The summed E-state index contributed by atoms with van der Waals surface area (Å²) in [7, 11) is 0. The summed E-state index contributed by atoms with van der Waals surface area (Å²) in [5, 5.41) is 11.8. The zero-order chi connectivity index (χ0) is 19.2. The number of rotatable bonds is 7. The van der Waals surface area contributed by atoms with Gasteiger partial charge in [-0.25, -0.2) is 4.98 Å². The van der Waals surface area contributed by atoms with E-state index in [0.29, 0.717) is 5.92 Å². The van der Waals surface area contributed by atoms with Crippen molar-refractivity contribution in [1.82, 2.24) is 14.9 Å². The lowest BCUT2D eigenvalue weighted by atomic mass is 9.81. The van der Waals surface area contributed by atoms with Crippen molar-refractivity contribution in [3.05, 3.63) is 24.5 Å². The van der Waals surface area contributed by atoms with E-state index in [9.17, 15) is 4.79 Å². The molecule has 0 spiro atoms. The number of pyridine rings is 1. The standard InChI is InChI=1S/C20H30N6O/c1-2-3-12-26(20(21)22)13-14-4-6-15(7-5-14)19(27)25-17-9-11-24-18-16(17)8-10-23-18/h8-11,14-15H,2-7,12-13H2,1H3,(H3,21,22)(H2,23,24,25,27)/t14-,15-. The number of hydrogen-bond acceptors (Lipinski definition) is 3. The van der Waals surface area contributed by atoms with Crippen molar-refractivity contribution in [2.75, 3.05) is 18.4 Å². The molecule has 27 heavy (non-hydrogen) atoms. The number of H-pyrrole nitrogens is 1. The zero-order valence-electron chi connectivity index (χ0n) is 16.0. The maximum Gasteiger partial charge on any atom is 0.227 e. The van der Waals surface area contributed by atoms with Crippen molar-refractivity contribution >= 4 is 28.6 Å². The number of fused-ring (bicyclic) bond motifs is 1. The molecule has 1 fully saturated rings. The number of anilines is 1. The molecule has 0 unspecified atom stereocenters. The lowest BCUT2D eigenvalue weighted by Crippen LogP contribution is -2.41. The van der Waals surface area contributed by atoms with Gasteiger partial charge in [-0.3, -0.25) is 10.2 Å². The maximum atomic E-state index is 12.7. The molecule has 1 aliphatic carbocycles. The van der Waals surface area contributed by atoms with Crippen molar-refractivity contribution < 1.29 is 4.79 Å². The number of nitrogens with two attached hydrogens (primary N) is 1. The third-order valence-corrected chi connectivity index (χ3v) is 5.54. The van der Waals surface area contributed by atoms with E-state index in [1.165, 1.54) is 0 Å². The van der Waals surface area contributed by atoms with Gasteiger partial charge in [-0.2, -0.15) is 0 Å². The minimum Gasteiger partial charge on any atom is -0.370 e. The highest BCUT2D eigenvalue weighted by atomic mass is 16.1. The molecule has 0 aromatic carbocycles. The number of unbranched alkanes of at least 4 members (excludes halogenated alkanes) is 1. The van der Waals surface area contributed by atoms with E-state index in [2.05, 4.69) is 22.2 Å². The molecule has 0 radical (unpaired) electrons. The van der Waals surface area contributed by atoms with Crippen LogP contribution in [-0.2, 0) is 4.79 Å². The quantitative estimate of drug-likeness (QED) is 0.442. The van der Waals surface area contributed by atoms with Crippen LogP contribution in [-0.4, -0.2) is 39.8 Å². The topological polar surface area (TPSA) is 111 Å². The summed E-state index contributed by atoms with van der Waals surface area (Å²) in [6, 6.07) is 3.78. The SMILES string of the molecule is CCCCN(C[C@H]1CC[C@H](C(=O)Nc2ccnc3[nH]ccc23)CC1)C(=N)N. The van der Waals surface area contributed by atoms with Crippen molar-refractivity contribution in [2.24, 2.45) is 17.6 Å². The number of aromatic nitrogens is 2. The predicted octanol–water partition coefficient (Wildman–Crippen LogP) is 3.30. The fourth-order valence-corrected chi connectivity index (χ4v) is 3.88. The Morgan fingerprint density at radius 2 is 2.15 bits per heavy atom. The summed E-state index contributed by atoms with van der Waals surface area (Å²) in [6.07, 6.45) is 9.47. The molecule has 2 aromatic rings. The van der Waals surface area contributed by atoms with E-state index in [-0.39, 0.29) is 17.8 Å². The second-order valence-corrected chi connectivity index (χ2v) is 7.49. The van der Waals surface area contributed by atoms with Gasteiger partial charge >= 0.3 is 0 Å². The van der Waals surface area contributed by atoms with Crippen LogP contribution in [0.25, 0.3) is 11.0 Å². The van der Waals surface area contributed by atoms with Crippen LogP contribution in [0.4, 0.5) is 5.69 Å². The van der Waals surface area contributed by atoms with Crippen molar-refractivity contribution in [3.63, 3.8) is 0 Å². The molecule has 0 aliphatic heterocycles. The number of guanidine groups is 1. The minimum absolute atomic E-state index is 0.0461. The van der Waals surface area contributed by atoms with Crippen LogP contribution in [0, 0.1) is 17.2 Å². The molecule has 1 amide bonds. The van der Waals surface area contributed by atoms with Crippen molar-refractivity contribution in [1.29, 1.82) is 5.41 Å². The number of hydrogen-bond donors (Lipinski definition) is 4. The van der Waals surface area contributed by atoms with E-state index in [0.717, 1.165) is 68.3 Å². The number of aromatic amines is 1. The molecule has 2 aromatic heterocycles. The highest BCUT2D eigenvalue weighted by molar-refractivity contribution is 6.00. The monoisotopic (exact) mass is 370 g/mol. The van der Waals surface area contributed by atoms with Gasteiger partial charge in [-0.15, -0.1) is 0 Å². The fraction of sp³-hybridized carbons (Fsp3) is 0.550. The van der Waals surface area contributed by atoms with Gasteiger partial charge in [0.1, 0.15) is 5.65 Å². The number of carbonyl (C=O) groups is 1. The number of nitrogens with one attached hydrogen (secondary N) is 3. The third-order valence-electron chi connectivity index (χ3n) is 5.54. The molecule has 3 rings (SSSR count). The first-order chi connectivity index (χ1) is 13.1. The summed E-state index contributed by atoms with van der Waals surface area (Å²) in [5.41, 5.74) is 7.33. The van der Waals surface area contributed by atoms with Crippen molar-refractivity contribution in [2.45, 2.75) is 45.4 Å². The molecule has 7 nitrogen and oxygen atoms in total. The molecule has 5 N–H and O–H groups in total. The van der Waals surface area contributed by atoms with E-state index >= 15 is 0 Å². The molecule has 0 atom stereocenters. The Balaban J connectivity index is 1.52. The maximum absolute atomic E-state index is 12.7. The lowest BCUT2D eigenvalue weighted by molar-refractivity contribution is -0.121. The normalized spacial score (nSPS) is 19.7. The summed E-state index contributed by atoms with van der Waals surface area (Å²) in [5.74, 6) is 0.810. The van der Waals surface area contributed by atoms with Gasteiger partial charge in [-0.1, -0.05) is 13.3 Å². The summed E-state index contributed by atoms with van der Waals surface area (Å²) in [4.78, 5) is 22.0. The van der Waals surface area contributed by atoms with Crippen LogP contribution in [0.1, 0.15) is 45.4 Å². The third kappa shape index (κ3) is 4.78. The molecule has 1 aliphatic rings. The Kier molecular flexibility index (Phi) is 6.32. The van der Waals surface area contributed by atoms with Crippen LogP contribution >= 0.6 is 0 Å². The highest BCUT2D eigenvalue weighted by Gasteiger charge is 2.28. The van der Waals surface area contributed by atoms with Crippen LogP contribution in [0.2, 0.25) is 0 Å². The lowest BCUT2D eigenvalue weighted by Gasteiger charge is -2.32. The Morgan fingerprint density at radius 1 is 1.37 bits per heavy atom. The number of nitrogens with zero attached hydrogens (tertiary/aromatic N) is 2. The average Bonchev–Trinajstić information content (AvgIpc) is 3.15. The Labute approximate surface area is 160 Å². The number of carbonyl (C=O) groups excluding carboxylic acids is 1. The fourth-order valence-electron chi connectivity index (χ4n) is 3.88. The summed E-state index contributed by atoms with van der Waals surface area (Å²) in [6.45, 7) is 3.82. The van der Waals surface area contributed by atoms with E-state index < -0.39 is 0 Å². The Morgan fingerprint density at radius 3 is 2.85 bits per heavy atom. The van der Waals surface area contributed by atoms with Crippen LogP contribution in [0.15, 0.2) is 24.5 Å². The van der Waals surface area contributed by atoms with Gasteiger partial charge in [0.25, 0.3) is 0 Å². The molecule has 1 saturated carbocycles. The molecular weight excluding hydrogens is 340 g/mol. The van der Waals surface area contributed by atoms with Gasteiger partial charge in [0, 0.05) is 36.8 Å². The smallest absolute Gasteiger partial charge is 0.227 e. The van der Waals surface area contributed by atoms with Gasteiger partial charge in [0.15, 0.2) is 5.96 Å². The first-order valence-electron chi connectivity index (χ1n) is 9.90. The van der Waals surface area contributed by atoms with Crippen LogP contribution in [0.5, 0.6) is 0 Å². The summed E-state index contributed by atoms with van der Waals surface area (Å²) < 4.78 is 0. The van der Waals surface area contributed by atoms with Gasteiger partial charge in [0.05, 0.1) is 5.69 Å². The second kappa shape index (κ2) is 8.88. The summed E-state index contributed by atoms with van der Waals surface area (Å²) >= 11 is 0. The second-order valence-electron chi connectivity index (χ2n) is 7.49. The van der Waals surface area contributed by atoms with Crippen LogP contribution in [0.3, 0.4) is 0 Å².